The largest absolute Gasteiger partial charge is 0.494 e. The van der Waals surface area contributed by atoms with Crippen molar-refractivity contribution in [3.63, 3.8) is 0 Å². The first-order valence-corrected chi connectivity index (χ1v) is 9.93. The highest BCUT2D eigenvalue weighted by molar-refractivity contribution is 5.87. The lowest BCUT2D eigenvalue weighted by Crippen LogP contribution is -2.54. The monoisotopic (exact) mass is 385 g/mol. The molecule has 1 fully saturated rings. The molecule has 150 valence electrons. The zero-order valence-corrected chi connectivity index (χ0v) is 16.0. The van der Waals surface area contributed by atoms with Gasteiger partial charge in [-0.05, 0) is 30.5 Å². The number of amidine groups is 1. The van der Waals surface area contributed by atoms with Gasteiger partial charge in [0.1, 0.15) is 17.8 Å². The van der Waals surface area contributed by atoms with E-state index in [-0.39, 0.29) is 24.7 Å². The zero-order chi connectivity index (χ0) is 19.5. The molecule has 3 unspecified atom stereocenters. The summed E-state index contributed by atoms with van der Waals surface area (Å²) in [6.45, 7) is 2.91. The van der Waals surface area contributed by atoms with Gasteiger partial charge in [0.15, 0.2) is 0 Å². The Kier molecular flexibility index (Phi) is 5.38. The van der Waals surface area contributed by atoms with E-state index < -0.39 is 5.97 Å². The summed E-state index contributed by atoms with van der Waals surface area (Å²) >= 11 is 0. The second-order valence-corrected chi connectivity index (χ2v) is 7.36. The molecule has 8 heteroatoms. The Morgan fingerprint density at radius 3 is 2.89 bits per heavy atom. The summed E-state index contributed by atoms with van der Waals surface area (Å²) in [6, 6.07) is 8.73. The fraction of sp³-hybridized carbons (Fsp3) is 0.500. The maximum atomic E-state index is 10.9. The molecule has 4 rings (SSSR count). The van der Waals surface area contributed by atoms with E-state index in [0.29, 0.717) is 6.42 Å². The number of nitrogens with zero attached hydrogens (tertiary/aromatic N) is 3. The van der Waals surface area contributed by atoms with E-state index in [4.69, 9.17) is 9.84 Å². The molecule has 1 aromatic carbocycles. The van der Waals surface area contributed by atoms with Crippen molar-refractivity contribution in [1.82, 2.24) is 20.8 Å². The van der Waals surface area contributed by atoms with E-state index in [1.165, 1.54) is 5.56 Å². The van der Waals surface area contributed by atoms with Crippen LogP contribution in [0.2, 0.25) is 0 Å². The standard InChI is InChI=1S/C20H27N5O3/c1-2-3-12-28-15-6-4-14(5-7-15)16-13-17-20-22-21-18(8-9-19(26)27)24(20)10-11-25(17)23-16/h4-7,10-11,16-17,20,22-23H,2-3,8-9,12-13H2,1H3,(H,26,27). The molecule has 3 atom stereocenters. The van der Waals surface area contributed by atoms with Crippen LogP contribution in [0.25, 0.3) is 0 Å². The highest BCUT2D eigenvalue weighted by atomic mass is 16.5. The van der Waals surface area contributed by atoms with Crippen molar-refractivity contribution in [2.75, 3.05) is 6.61 Å². The minimum absolute atomic E-state index is 0.0166. The molecule has 0 radical (unpaired) electrons. The number of hydrazine groups is 1. The Labute approximate surface area is 164 Å². The van der Waals surface area contributed by atoms with Crippen LogP contribution in [0.5, 0.6) is 5.75 Å². The van der Waals surface area contributed by atoms with E-state index >= 15 is 0 Å². The van der Waals surface area contributed by atoms with Gasteiger partial charge in [-0.2, -0.15) is 5.10 Å². The minimum atomic E-state index is -0.807. The van der Waals surface area contributed by atoms with Crippen LogP contribution in [-0.4, -0.2) is 45.6 Å². The molecule has 0 bridgehead atoms. The maximum absolute atomic E-state index is 10.9. The van der Waals surface area contributed by atoms with Crippen molar-refractivity contribution in [2.24, 2.45) is 5.10 Å². The number of hydrogen-bond donors (Lipinski definition) is 3. The molecule has 28 heavy (non-hydrogen) atoms. The summed E-state index contributed by atoms with van der Waals surface area (Å²) in [7, 11) is 0. The molecule has 0 amide bonds. The van der Waals surface area contributed by atoms with E-state index in [1.54, 1.807) is 0 Å². The number of benzene rings is 1. The quantitative estimate of drug-likeness (QED) is 0.592. The number of aliphatic carboxylic acids is 1. The summed E-state index contributed by atoms with van der Waals surface area (Å²) in [5.41, 5.74) is 7.96. The van der Waals surface area contributed by atoms with Gasteiger partial charge in [0.05, 0.1) is 25.1 Å². The van der Waals surface area contributed by atoms with Crippen molar-refractivity contribution < 1.29 is 14.6 Å². The van der Waals surface area contributed by atoms with Crippen LogP contribution in [0.15, 0.2) is 41.8 Å². The first-order valence-electron chi connectivity index (χ1n) is 9.93. The molecule has 0 aliphatic carbocycles. The van der Waals surface area contributed by atoms with Gasteiger partial charge in [-0.3, -0.25) is 10.2 Å². The summed E-state index contributed by atoms with van der Waals surface area (Å²) in [6.07, 6.45) is 7.61. The van der Waals surface area contributed by atoms with Crippen molar-refractivity contribution >= 4 is 11.8 Å². The summed E-state index contributed by atoms with van der Waals surface area (Å²) in [4.78, 5) is 12.9. The number of fused-ring (bicyclic) bond motifs is 3. The van der Waals surface area contributed by atoms with E-state index in [0.717, 1.165) is 37.5 Å². The predicted molar refractivity (Wildman–Crippen MR) is 105 cm³/mol. The smallest absolute Gasteiger partial charge is 0.303 e. The van der Waals surface area contributed by atoms with Gasteiger partial charge in [-0.1, -0.05) is 25.5 Å². The average molecular weight is 385 g/mol. The van der Waals surface area contributed by atoms with E-state index in [1.807, 2.05) is 24.5 Å². The number of carboxylic acids is 1. The number of ether oxygens (including phenoxy) is 1. The maximum Gasteiger partial charge on any atom is 0.303 e. The fourth-order valence-electron chi connectivity index (χ4n) is 3.88. The van der Waals surface area contributed by atoms with Crippen molar-refractivity contribution in [3.05, 3.63) is 42.2 Å². The van der Waals surface area contributed by atoms with Crippen molar-refractivity contribution in [1.29, 1.82) is 0 Å². The molecule has 3 heterocycles. The van der Waals surface area contributed by atoms with Crippen LogP contribution in [0, 0.1) is 0 Å². The van der Waals surface area contributed by atoms with E-state index in [9.17, 15) is 4.79 Å². The van der Waals surface area contributed by atoms with Gasteiger partial charge >= 0.3 is 5.97 Å². The topological polar surface area (TPSA) is 89.4 Å². The molecular weight excluding hydrogens is 358 g/mol. The molecule has 3 aliphatic heterocycles. The normalized spacial score (nSPS) is 25.2. The van der Waals surface area contributed by atoms with Crippen LogP contribution >= 0.6 is 0 Å². The third-order valence-corrected chi connectivity index (χ3v) is 5.43. The zero-order valence-electron chi connectivity index (χ0n) is 16.0. The Hall–Kier alpha value is -2.74. The second-order valence-electron chi connectivity index (χ2n) is 7.36. The third kappa shape index (κ3) is 3.77. The number of rotatable bonds is 8. The minimum Gasteiger partial charge on any atom is -0.494 e. The lowest BCUT2D eigenvalue weighted by Gasteiger charge is -2.37. The van der Waals surface area contributed by atoms with Crippen LogP contribution in [0.3, 0.4) is 0 Å². The first-order chi connectivity index (χ1) is 13.7. The number of unbranched alkanes of at least 4 members (excludes halogenated alkanes) is 1. The fourth-order valence-corrected chi connectivity index (χ4v) is 3.88. The van der Waals surface area contributed by atoms with Gasteiger partial charge in [-0.25, -0.2) is 5.43 Å². The van der Waals surface area contributed by atoms with Gasteiger partial charge in [0.2, 0.25) is 0 Å². The van der Waals surface area contributed by atoms with Crippen molar-refractivity contribution in [3.8, 4) is 5.75 Å². The van der Waals surface area contributed by atoms with Gasteiger partial charge in [-0.15, -0.1) is 0 Å². The SMILES string of the molecule is CCCCOc1ccc(C2CC3C4NN=C(CCC(=O)O)N4C=CN3N2)cc1. The number of hydrogen-bond acceptors (Lipinski definition) is 7. The molecule has 3 aliphatic rings. The third-order valence-electron chi connectivity index (χ3n) is 5.43. The lowest BCUT2D eigenvalue weighted by molar-refractivity contribution is -0.136. The van der Waals surface area contributed by atoms with Gasteiger partial charge < -0.3 is 19.8 Å². The Morgan fingerprint density at radius 2 is 2.14 bits per heavy atom. The Balaban J connectivity index is 1.37. The average Bonchev–Trinajstić information content (AvgIpc) is 3.31. The summed E-state index contributed by atoms with van der Waals surface area (Å²) < 4.78 is 5.75. The molecule has 0 saturated carbocycles. The molecule has 0 aromatic heterocycles. The molecular formula is C20H27N5O3. The molecule has 1 aromatic rings. The highest BCUT2D eigenvalue weighted by Gasteiger charge is 2.44. The molecule has 3 N–H and O–H groups in total. The summed E-state index contributed by atoms with van der Waals surface area (Å²) in [5.74, 6) is 0.881. The lowest BCUT2D eigenvalue weighted by atomic mass is 9.99. The number of carbonyl (C=O) groups is 1. The van der Waals surface area contributed by atoms with Gasteiger partial charge in [0, 0.05) is 18.8 Å². The molecule has 8 nitrogen and oxygen atoms in total. The first kappa shape index (κ1) is 18.6. The Morgan fingerprint density at radius 1 is 1.32 bits per heavy atom. The Bertz CT molecular complexity index is 764. The number of hydrazone groups is 1. The van der Waals surface area contributed by atoms with Crippen LogP contribution in [0.1, 0.15) is 50.6 Å². The van der Waals surface area contributed by atoms with Crippen LogP contribution in [0.4, 0.5) is 0 Å². The number of nitrogens with one attached hydrogen (secondary N) is 2. The second kappa shape index (κ2) is 8.10. The van der Waals surface area contributed by atoms with Gasteiger partial charge in [0.25, 0.3) is 0 Å². The number of carboxylic acid groups (broad SMARTS) is 1. The molecule has 0 spiro atoms. The van der Waals surface area contributed by atoms with E-state index in [2.05, 4.69) is 44.9 Å². The summed E-state index contributed by atoms with van der Waals surface area (Å²) in [5, 5.41) is 15.4. The van der Waals surface area contributed by atoms with Crippen LogP contribution in [-0.2, 0) is 4.79 Å². The van der Waals surface area contributed by atoms with Crippen LogP contribution < -0.4 is 15.6 Å². The highest BCUT2D eigenvalue weighted by Crippen LogP contribution is 2.34. The predicted octanol–water partition coefficient (Wildman–Crippen LogP) is 2.38. The molecule has 1 saturated heterocycles. The van der Waals surface area contributed by atoms with Crippen molar-refractivity contribution in [2.45, 2.75) is 57.3 Å².